The first-order valence-corrected chi connectivity index (χ1v) is 2.71. The highest BCUT2D eigenvalue weighted by atomic mass is 16.5. The zero-order valence-corrected chi connectivity index (χ0v) is 4.91. The van der Waals surface area contributed by atoms with Crippen LogP contribution in [0, 0.1) is 0 Å². The van der Waals surface area contributed by atoms with Crippen molar-refractivity contribution in [3.63, 3.8) is 0 Å². The zero-order valence-electron chi connectivity index (χ0n) is 4.91. The summed E-state index contributed by atoms with van der Waals surface area (Å²) in [5.41, 5.74) is 4.91. The van der Waals surface area contributed by atoms with E-state index in [1.165, 1.54) is 6.21 Å². The molecule has 1 atom stereocenters. The van der Waals surface area contributed by atoms with Crippen LogP contribution >= 0.6 is 0 Å². The summed E-state index contributed by atoms with van der Waals surface area (Å²) in [6, 6.07) is 0. The van der Waals surface area contributed by atoms with Crippen molar-refractivity contribution in [3.05, 3.63) is 0 Å². The van der Waals surface area contributed by atoms with E-state index in [1.54, 1.807) is 0 Å². The number of amides is 1. The second-order valence-electron chi connectivity index (χ2n) is 1.75. The standard InChI is InChI=1S/C5H8N2O2/c6-5(8)4-3-7-1-2-9-4/h3-4H,1-2H2,(H2,6,8). The fourth-order valence-corrected chi connectivity index (χ4v) is 0.601. The van der Waals surface area contributed by atoms with Gasteiger partial charge in [-0.25, -0.2) is 0 Å². The number of hydrogen-bond donors (Lipinski definition) is 1. The molecule has 4 heteroatoms. The van der Waals surface area contributed by atoms with Gasteiger partial charge in [-0.3, -0.25) is 9.79 Å². The second-order valence-corrected chi connectivity index (χ2v) is 1.75. The SMILES string of the molecule is NC(=O)C1C=NCCO1. The monoisotopic (exact) mass is 128 g/mol. The lowest BCUT2D eigenvalue weighted by atomic mass is 10.3. The van der Waals surface area contributed by atoms with Gasteiger partial charge in [0.05, 0.1) is 13.2 Å². The molecule has 0 saturated carbocycles. The average molecular weight is 128 g/mol. The van der Waals surface area contributed by atoms with Gasteiger partial charge < -0.3 is 10.5 Å². The number of hydrogen-bond acceptors (Lipinski definition) is 3. The maximum absolute atomic E-state index is 10.4. The van der Waals surface area contributed by atoms with Crippen molar-refractivity contribution in [2.45, 2.75) is 6.10 Å². The van der Waals surface area contributed by atoms with Crippen LogP contribution in [0.25, 0.3) is 0 Å². The van der Waals surface area contributed by atoms with Crippen molar-refractivity contribution >= 4 is 12.1 Å². The number of nitrogens with zero attached hydrogens (tertiary/aromatic N) is 1. The number of ether oxygens (including phenoxy) is 1. The van der Waals surface area contributed by atoms with Gasteiger partial charge in [-0.1, -0.05) is 0 Å². The Hall–Kier alpha value is -0.900. The Balaban J connectivity index is 2.50. The van der Waals surface area contributed by atoms with E-state index in [0.29, 0.717) is 13.2 Å². The van der Waals surface area contributed by atoms with Gasteiger partial charge in [0.25, 0.3) is 5.91 Å². The first-order chi connectivity index (χ1) is 4.30. The van der Waals surface area contributed by atoms with Gasteiger partial charge in [-0.15, -0.1) is 0 Å². The molecule has 1 heterocycles. The summed E-state index contributed by atoms with van der Waals surface area (Å²) in [6.07, 6.45) is 0.838. The van der Waals surface area contributed by atoms with Crippen LogP contribution in [-0.2, 0) is 9.53 Å². The van der Waals surface area contributed by atoms with Crippen molar-refractivity contribution < 1.29 is 9.53 Å². The topological polar surface area (TPSA) is 64.7 Å². The Bertz CT molecular complexity index is 144. The number of rotatable bonds is 1. The minimum atomic E-state index is -0.598. The maximum atomic E-state index is 10.4. The van der Waals surface area contributed by atoms with Crippen molar-refractivity contribution in [2.75, 3.05) is 13.2 Å². The molecule has 0 aromatic carbocycles. The number of aliphatic imine (C=N–C) groups is 1. The summed E-state index contributed by atoms with van der Waals surface area (Å²) in [4.78, 5) is 14.2. The Morgan fingerprint density at radius 1 is 1.89 bits per heavy atom. The molecule has 0 aromatic rings. The van der Waals surface area contributed by atoms with E-state index in [0.717, 1.165) is 0 Å². The third-order valence-corrected chi connectivity index (χ3v) is 1.04. The van der Waals surface area contributed by atoms with Gasteiger partial charge in [0.15, 0.2) is 6.10 Å². The van der Waals surface area contributed by atoms with Crippen LogP contribution in [0.15, 0.2) is 4.99 Å². The normalized spacial score (nSPS) is 26.0. The fraction of sp³-hybridized carbons (Fsp3) is 0.600. The summed E-state index contributed by atoms with van der Waals surface area (Å²) in [7, 11) is 0. The summed E-state index contributed by atoms with van der Waals surface area (Å²) >= 11 is 0. The van der Waals surface area contributed by atoms with Crippen LogP contribution in [0.2, 0.25) is 0 Å². The maximum Gasteiger partial charge on any atom is 0.252 e. The lowest BCUT2D eigenvalue weighted by Crippen LogP contribution is -2.35. The van der Waals surface area contributed by atoms with E-state index in [1.807, 2.05) is 0 Å². The molecule has 1 unspecified atom stereocenters. The lowest BCUT2D eigenvalue weighted by molar-refractivity contribution is -0.125. The quantitative estimate of drug-likeness (QED) is 0.489. The molecular formula is C5H8N2O2. The van der Waals surface area contributed by atoms with Crippen LogP contribution in [0.4, 0.5) is 0 Å². The van der Waals surface area contributed by atoms with Crippen LogP contribution < -0.4 is 5.73 Å². The molecule has 1 rings (SSSR count). The van der Waals surface area contributed by atoms with Crippen molar-refractivity contribution in [2.24, 2.45) is 10.7 Å². The number of carbonyl (C=O) groups excluding carboxylic acids is 1. The highest BCUT2D eigenvalue weighted by molar-refractivity contribution is 5.95. The molecule has 4 nitrogen and oxygen atoms in total. The molecule has 0 spiro atoms. The van der Waals surface area contributed by atoms with Gasteiger partial charge in [0, 0.05) is 6.21 Å². The molecule has 1 amide bonds. The Morgan fingerprint density at radius 2 is 2.67 bits per heavy atom. The second kappa shape index (κ2) is 2.59. The van der Waals surface area contributed by atoms with Gasteiger partial charge in [0.1, 0.15) is 0 Å². The molecule has 0 saturated heterocycles. The van der Waals surface area contributed by atoms with Gasteiger partial charge >= 0.3 is 0 Å². The molecule has 0 aliphatic carbocycles. The summed E-state index contributed by atoms with van der Waals surface area (Å²) < 4.78 is 4.92. The molecule has 2 N–H and O–H groups in total. The lowest BCUT2D eigenvalue weighted by Gasteiger charge is -2.12. The fourth-order valence-electron chi connectivity index (χ4n) is 0.601. The van der Waals surface area contributed by atoms with E-state index < -0.39 is 12.0 Å². The molecule has 0 bridgehead atoms. The zero-order chi connectivity index (χ0) is 6.69. The number of primary amides is 1. The average Bonchev–Trinajstić information content (AvgIpc) is 1.90. The minimum Gasteiger partial charge on any atom is -0.367 e. The third kappa shape index (κ3) is 1.50. The van der Waals surface area contributed by atoms with Gasteiger partial charge in [-0.05, 0) is 0 Å². The minimum absolute atomic E-state index is 0.474. The Kier molecular flexibility index (Phi) is 1.79. The smallest absolute Gasteiger partial charge is 0.252 e. The first-order valence-electron chi connectivity index (χ1n) is 2.71. The number of carbonyl (C=O) groups is 1. The third-order valence-electron chi connectivity index (χ3n) is 1.04. The molecule has 0 aromatic heterocycles. The summed E-state index contributed by atoms with van der Waals surface area (Å²) in [6.45, 7) is 1.12. The van der Waals surface area contributed by atoms with E-state index in [9.17, 15) is 4.79 Å². The predicted molar refractivity (Wildman–Crippen MR) is 32.3 cm³/mol. The molecule has 1 aliphatic heterocycles. The molecular weight excluding hydrogens is 120 g/mol. The summed E-state index contributed by atoms with van der Waals surface area (Å²) in [5, 5.41) is 0. The van der Waals surface area contributed by atoms with E-state index in [4.69, 9.17) is 10.5 Å². The molecule has 0 radical (unpaired) electrons. The highest BCUT2D eigenvalue weighted by Crippen LogP contribution is 1.92. The first kappa shape index (κ1) is 6.22. The van der Waals surface area contributed by atoms with E-state index in [-0.39, 0.29) is 0 Å². The van der Waals surface area contributed by atoms with Crippen LogP contribution in [0.1, 0.15) is 0 Å². The molecule has 9 heavy (non-hydrogen) atoms. The largest absolute Gasteiger partial charge is 0.367 e. The van der Waals surface area contributed by atoms with E-state index in [2.05, 4.69) is 4.99 Å². The van der Waals surface area contributed by atoms with Crippen LogP contribution in [-0.4, -0.2) is 31.4 Å². The van der Waals surface area contributed by atoms with Crippen LogP contribution in [0.3, 0.4) is 0 Å². The Labute approximate surface area is 52.7 Å². The van der Waals surface area contributed by atoms with Crippen molar-refractivity contribution in [3.8, 4) is 0 Å². The van der Waals surface area contributed by atoms with Crippen molar-refractivity contribution in [1.29, 1.82) is 0 Å². The molecule has 50 valence electrons. The van der Waals surface area contributed by atoms with Gasteiger partial charge in [0.2, 0.25) is 0 Å². The van der Waals surface area contributed by atoms with E-state index >= 15 is 0 Å². The number of nitrogens with two attached hydrogens (primary N) is 1. The molecule has 0 fully saturated rings. The Morgan fingerprint density at radius 3 is 3.00 bits per heavy atom. The van der Waals surface area contributed by atoms with Gasteiger partial charge in [-0.2, -0.15) is 0 Å². The highest BCUT2D eigenvalue weighted by Gasteiger charge is 2.14. The van der Waals surface area contributed by atoms with Crippen molar-refractivity contribution in [1.82, 2.24) is 0 Å². The summed E-state index contributed by atoms with van der Waals surface area (Å²) in [5.74, 6) is -0.474. The van der Waals surface area contributed by atoms with Crippen LogP contribution in [0.5, 0.6) is 0 Å². The molecule has 1 aliphatic rings. The predicted octanol–water partition coefficient (Wildman–Crippen LogP) is -1.06.